The molecule has 1 aliphatic heterocycles. The lowest BCUT2D eigenvalue weighted by atomic mass is 9.92. The Kier molecular flexibility index (Phi) is 4.62. The van der Waals surface area contributed by atoms with E-state index in [1.807, 2.05) is 0 Å². The minimum absolute atomic E-state index is 0.0457. The first-order valence-corrected chi connectivity index (χ1v) is 6.73. The topological polar surface area (TPSA) is 44.5 Å². The summed E-state index contributed by atoms with van der Waals surface area (Å²) in [5, 5.41) is 0. The van der Waals surface area contributed by atoms with Crippen LogP contribution in [0.1, 0.15) is 44.9 Å². The molecule has 1 saturated carbocycles. The van der Waals surface area contributed by atoms with Crippen molar-refractivity contribution in [2.75, 3.05) is 26.4 Å². The van der Waals surface area contributed by atoms with Gasteiger partial charge in [-0.15, -0.1) is 0 Å². The maximum Gasteiger partial charge on any atom is 0.0646 e. The summed E-state index contributed by atoms with van der Waals surface area (Å²) in [6.45, 7) is 3.35. The van der Waals surface area contributed by atoms with E-state index in [9.17, 15) is 0 Å². The van der Waals surface area contributed by atoms with E-state index < -0.39 is 0 Å². The van der Waals surface area contributed by atoms with Crippen LogP contribution in [0.25, 0.3) is 0 Å². The highest BCUT2D eigenvalue weighted by atomic mass is 16.5. The summed E-state index contributed by atoms with van der Waals surface area (Å²) in [5.74, 6) is 0.606. The van der Waals surface area contributed by atoms with E-state index in [1.54, 1.807) is 0 Å². The van der Waals surface area contributed by atoms with Gasteiger partial charge < -0.3 is 15.2 Å². The van der Waals surface area contributed by atoms with Gasteiger partial charge in [-0.2, -0.15) is 0 Å². The second kappa shape index (κ2) is 5.99. The molecule has 2 aliphatic rings. The summed E-state index contributed by atoms with van der Waals surface area (Å²) in [7, 11) is 0. The molecule has 1 atom stereocenters. The average Bonchev–Trinajstić information content (AvgIpc) is 2.68. The molecule has 0 radical (unpaired) electrons. The summed E-state index contributed by atoms with van der Waals surface area (Å²) in [6.07, 6.45) is 8.64. The molecule has 1 unspecified atom stereocenters. The third-order valence-electron chi connectivity index (χ3n) is 3.87. The van der Waals surface area contributed by atoms with E-state index in [0.29, 0.717) is 5.92 Å². The molecule has 2 fully saturated rings. The van der Waals surface area contributed by atoms with Gasteiger partial charge in [0.2, 0.25) is 0 Å². The minimum Gasteiger partial charge on any atom is -0.381 e. The van der Waals surface area contributed by atoms with Crippen LogP contribution in [0.15, 0.2) is 0 Å². The highest BCUT2D eigenvalue weighted by Crippen LogP contribution is 2.25. The van der Waals surface area contributed by atoms with Crippen LogP contribution in [-0.4, -0.2) is 32.0 Å². The van der Waals surface area contributed by atoms with Gasteiger partial charge in [0.1, 0.15) is 0 Å². The van der Waals surface area contributed by atoms with Crippen molar-refractivity contribution in [3.8, 4) is 0 Å². The summed E-state index contributed by atoms with van der Waals surface area (Å²) < 4.78 is 11.1. The van der Waals surface area contributed by atoms with Gasteiger partial charge in [-0.1, -0.05) is 25.7 Å². The number of rotatable bonds is 4. The van der Waals surface area contributed by atoms with E-state index in [2.05, 4.69) is 0 Å². The standard InChI is InChI=1S/C13H25NO2/c14-13(6-3-1-2-4-7-13)11-16-10-12-5-8-15-9-12/h12H,1-11,14H2. The zero-order valence-corrected chi connectivity index (χ0v) is 10.2. The molecule has 1 heterocycles. The van der Waals surface area contributed by atoms with Crippen molar-refractivity contribution in [2.45, 2.75) is 50.5 Å². The van der Waals surface area contributed by atoms with Crippen molar-refractivity contribution in [3.05, 3.63) is 0 Å². The van der Waals surface area contributed by atoms with Crippen LogP contribution in [0.4, 0.5) is 0 Å². The number of hydrogen-bond acceptors (Lipinski definition) is 3. The normalized spacial score (nSPS) is 30.2. The first-order valence-electron chi connectivity index (χ1n) is 6.73. The summed E-state index contributed by atoms with van der Waals surface area (Å²) in [6, 6.07) is 0. The molecule has 1 saturated heterocycles. The lowest BCUT2D eigenvalue weighted by Gasteiger charge is -2.28. The van der Waals surface area contributed by atoms with E-state index >= 15 is 0 Å². The van der Waals surface area contributed by atoms with Crippen LogP contribution >= 0.6 is 0 Å². The molecule has 0 bridgehead atoms. The van der Waals surface area contributed by atoms with Crippen molar-refractivity contribution >= 4 is 0 Å². The predicted molar refractivity (Wildman–Crippen MR) is 64.4 cm³/mol. The van der Waals surface area contributed by atoms with Crippen molar-refractivity contribution in [1.29, 1.82) is 0 Å². The number of nitrogens with two attached hydrogens (primary N) is 1. The summed E-state index contributed by atoms with van der Waals surface area (Å²) >= 11 is 0. The van der Waals surface area contributed by atoms with Crippen molar-refractivity contribution < 1.29 is 9.47 Å². The van der Waals surface area contributed by atoms with E-state index in [-0.39, 0.29) is 5.54 Å². The Morgan fingerprint density at radius 2 is 1.94 bits per heavy atom. The Hall–Kier alpha value is -0.120. The molecule has 2 rings (SSSR count). The first-order chi connectivity index (χ1) is 7.79. The maximum absolute atomic E-state index is 6.39. The van der Waals surface area contributed by atoms with E-state index in [4.69, 9.17) is 15.2 Å². The van der Waals surface area contributed by atoms with Gasteiger partial charge >= 0.3 is 0 Å². The molecule has 0 amide bonds. The summed E-state index contributed by atoms with van der Waals surface area (Å²) in [4.78, 5) is 0. The Morgan fingerprint density at radius 3 is 2.56 bits per heavy atom. The van der Waals surface area contributed by atoms with Crippen molar-refractivity contribution in [1.82, 2.24) is 0 Å². The van der Waals surface area contributed by atoms with Gasteiger partial charge in [0.15, 0.2) is 0 Å². The lowest BCUT2D eigenvalue weighted by Crippen LogP contribution is -2.44. The number of ether oxygens (including phenoxy) is 2. The molecule has 2 N–H and O–H groups in total. The molecular weight excluding hydrogens is 202 g/mol. The Labute approximate surface area is 98.7 Å². The smallest absolute Gasteiger partial charge is 0.0646 e. The molecule has 3 heteroatoms. The predicted octanol–water partition coefficient (Wildman–Crippen LogP) is 2.09. The van der Waals surface area contributed by atoms with Gasteiger partial charge in [-0.25, -0.2) is 0 Å². The van der Waals surface area contributed by atoms with Gasteiger partial charge in [0, 0.05) is 18.1 Å². The SMILES string of the molecule is NC1(COCC2CCOC2)CCCCCC1. The van der Waals surface area contributed by atoms with Crippen molar-refractivity contribution in [3.63, 3.8) is 0 Å². The maximum atomic E-state index is 6.39. The molecule has 0 spiro atoms. The molecule has 0 aromatic heterocycles. The fourth-order valence-electron chi connectivity index (χ4n) is 2.72. The third-order valence-corrected chi connectivity index (χ3v) is 3.87. The molecular formula is C13H25NO2. The fourth-order valence-corrected chi connectivity index (χ4v) is 2.72. The quantitative estimate of drug-likeness (QED) is 0.748. The van der Waals surface area contributed by atoms with Gasteiger partial charge in [0.05, 0.1) is 19.8 Å². The van der Waals surface area contributed by atoms with Crippen LogP contribution in [0.5, 0.6) is 0 Å². The molecule has 1 aliphatic carbocycles. The van der Waals surface area contributed by atoms with Gasteiger partial charge in [0.25, 0.3) is 0 Å². The zero-order valence-electron chi connectivity index (χ0n) is 10.2. The Bertz CT molecular complexity index is 194. The monoisotopic (exact) mass is 227 g/mol. The second-order valence-corrected chi connectivity index (χ2v) is 5.52. The highest BCUT2D eigenvalue weighted by molar-refractivity contribution is 4.85. The first kappa shape index (κ1) is 12.3. The van der Waals surface area contributed by atoms with E-state index in [0.717, 1.165) is 45.7 Å². The summed E-state index contributed by atoms with van der Waals surface area (Å²) in [5.41, 5.74) is 6.34. The Balaban J connectivity index is 1.66. The van der Waals surface area contributed by atoms with Crippen LogP contribution < -0.4 is 5.73 Å². The van der Waals surface area contributed by atoms with Crippen molar-refractivity contribution in [2.24, 2.45) is 11.7 Å². The molecule has 3 nitrogen and oxygen atoms in total. The van der Waals surface area contributed by atoms with Gasteiger partial charge in [-0.05, 0) is 19.3 Å². The second-order valence-electron chi connectivity index (χ2n) is 5.52. The van der Waals surface area contributed by atoms with Crippen LogP contribution in [0.3, 0.4) is 0 Å². The molecule has 0 aromatic rings. The lowest BCUT2D eigenvalue weighted by molar-refractivity contribution is 0.0500. The third kappa shape index (κ3) is 3.72. The average molecular weight is 227 g/mol. The largest absolute Gasteiger partial charge is 0.381 e. The molecule has 0 aromatic carbocycles. The number of hydrogen-bond donors (Lipinski definition) is 1. The molecule has 16 heavy (non-hydrogen) atoms. The molecule has 94 valence electrons. The van der Waals surface area contributed by atoms with E-state index in [1.165, 1.54) is 25.7 Å². The van der Waals surface area contributed by atoms with Crippen LogP contribution in [-0.2, 0) is 9.47 Å². The van der Waals surface area contributed by atoms with Gasteiger partial charge in [-0.3, -0.25) is 0 Å². The highest BCUT2D eigenvalue weighted by Gasteiger charge is 2.27. The van der Waals surface area contributed by atoms with Crippen LogP contribution in [0, 0.1) is 5.92 Å². The Morgan fingerprint density at radius 1 is 1.19 bits per heavy atom. The fraction of sp³-hybridized carbons (Fsp3) is 1.00. The zero-order chi connectivity index (χ0) is 11.3. The minimum atomic E-state index is -0.0457. The van der Waals surface area contributed by atoms with Crippen LogP contribution in [0.2, 0.25) is 0 Å².